The second-order valence-electron chi connectivity index (χ2n) is 7.26. The van der Waals surface area contributed by atoms with Gasteiger partial charge in [-0.2, -0.15) is 15.0 Å². The van der Waals surface area contributed by atoms with E-state index in [1.807, 2.05) is 18.3 Å². The molecule has 4 heterocycles. The maximum absolute atomic E-state index is 13.2. The van der Waals surface area contributed by atoms with Crippen molar-refractivity contribution >= 4 is 17.6 Å². The van der Waals surface area contributed by atoms with Crippen LogP contribution in [0.1, 0.15) is 0 Å². The average molecular weight is 410 g/mol. The molecule has 0 atom stereocenters. The predicted molar refractivity (Wildman–Crippen MR) is 111 cm³/mol. The van der Waals surface area contributed by atoms with Crippen molar-refractivity contribution in [3.05, 3.63) is 48.8 Å². The van der Waals surface area contributed by atoms with E-state index in [0.717, 1.165) is 45.0 Å². The van der Waals surface area contributed by atoms with Gasteiger partial charge < -0.3 is 19.4 Å². The molecule has 0 spiro atoms. The lowest BCUT2D eigenvalue weighted by Gasteiger charge is -2.36. The highest BCUT2D eigenvalue weighted by Crippen LogP contribution is 2.21. The molecule has 10 heteroatoms. The van der Waals surface area contributed by atoms with Crippen LogP contribution in [0.3, 0.4) is 0 Å². The molecule has 0 radical (unpaired) electrons. The van der Waals surface area contributed by atoms with Gasteiger partial charge in [0.25, 0.3) is 0 Å². The minimum absolute atomic E-state index is 0.217. The Labute approximate surface area is 173 Å². The molecule has 0 bridgehead atoms. The second kappa shape index (κ2) is 8.23. The summed E-state index contributed by atoms with van der Waals surface area (Å²) in [5.41, 5.74) is 1.03. The number of rotatable bonds is 4. The Morgan fingerprint density at radius 1 is 0.733 bits per heavy atom. The predicted octanol–water partition coefficient (Wildman–Crippen LogP) is 1.36. The van der Waals surface area contributed by atoms with Gasteiger partial charge in [0, 0.05) is 57.3 Å². The van der Waals surface area contributed by atoms with Crippen LogP contribution < -0.4 is 14.7 Å². The molecule has 0 unspecified atom stereocenters. The normalized spacial score (nSPS) is 17.4. The molecule has 2 saturated heterocycles. The van der Waals surface area contributed by atoms with E-state index < -0.39 is 0 Å². The Morgan fingerprint density at radius 2 is 1.33 bits per heavy atom. The molecule has 0 aliphatic carbocycles. The Balaban J connectivity index is 1.38. The summed E-state index contributed by atoms with van der Waals surface area (Å²) in [4.78, 5) is 24.8. The van der Waals surface area contributed by atoms with Crippen molar-refractivity contribution in [2.45, 2.75) is 0 Å². The number of piperazine rings is 1. The number of imidazole rings is 1. The van der Waals surface area contributed by atoms with Gasteiger partial charge in [0.15, 0.2) is 0 Å². The van der Waals surface area contributed by atoms with Gasteiger partial charge in [-0.3, -0.25) is 4.57 Å². The number of morpholine rings is 1. The zero-order chi connectivity index (χ0) is 20.3. The number of halogens is 1. The molecular weight excluding hydrogens is 387 g/mol. The highest BCUT2D eigenvalue weighted by molar-refractivity contribution is 5.49. The molecule has 5 rings (SSSR count). The summed E-state index contributed by atoms with van der Waals surface area (Å²) < 4.78 is 20.5. The molecule has 156 valence electrons. The number of aromatic nitrogens is 5. The van der Waals surface area contributed by atoms with E-state index in [1.54, 1.807) is 17.1 Å². The van der Waals surface area contributed by atoms with Crippen LogP contribution in [-0.2, 0) is 4.74 Å². The minimum Gasteiger partial charge on any atom is -0.378 e. The lowest BCUT2D eigenvalue weighted by molar-refractivity contribution is 0.122. The van der Waals surface area contributed by atoms with Gasteiger partial charge in [-0.1, -0.05) is 0 Å². The fourth-order valence-electron chi connectivity index (χ4n) is 3.70. The molecule has 0 amide bonds. The van der Waals surface area contributed by atoms with Gasteiger partial charge in [0.05, 0.1) is 13.2 Å². The summed E-state index contributed by atoms with van der Waals surface area (Å²) in [6, 6.07) is 6.64. The zero-order valence-electron chi connectivity index (χ0n) is 16.6. The highest BCUT2D eigenvalue weighted by atomic mass is 19.1. The number of anilines is 3. The third-order valence-corrected chi connectivity index (χ3v) is 5.38. The first-order chi connectivity index (χ1) is 14.8. The molecule has 2 aromatic heterocycles. The summed E-state index contributed by atoms with van der Waals surface area (Å²) in [6.45, 7) is 6.00. The third-order valence-electron chi connectivity index (χ3n) is 5.38. The molecule has 0 N–H and O–H groups in total. The zero-order valence-corrected chi connectivity index (χ0v) is 16.6. The van der Waals surface area contributed by atoms with Crippen molar-refractivity contribution in [3.63, 3.8) is 0 Å². The fourth-order valence-corrected chi connectivity index (χ4v) is 3.70. The highest BCUT2D eigenvalue weighted by Gasteiger charge is 2.23. The van der Waals surface area contributed by atoms with Gasteiger partial charge in [-0.05, 0) is 24.3 Å². The van der Waals surface area contributed by atoms with Crippen LogP contribution in [-0.4, -0.2) is 77.0 Å². The molecule has 30 heavy (non-hydrogen) atoms. The van der Waals surface area contributed by atoms with E-state index in [1.165, 1.54) is 12.1 Å². The topological polar surface area (TPSA) is 75.4 Å². The molecule has 3 aromatic rings. The minimum atomic E-state index is -0.217. The van der Waals surface area contributed by atoms with Crippen LogP contribution in [0.25, 0.3) is 5.95 Å². The first-order valence-electron chi connectivity index (χ1n) is 10.1. The summed E-state index contributed by atoms with van der Waals surface area (Å²) >= 11 is 0. The van der Waals surface area contributed by atoms with Crippen LogP contribution in [0.5, 0.6) is 0 Å². The van der Waals surface area contributed by atoms with Crippen molar-refractivity contribution < 1.29 is 9.13 Å². The number of hydrogen-bond donors (Lipinski definition) is 0. The van der Waals surface area contributed by atoms with Gasteiger partial charge in [0.1, 0.15) is 12.1 Å². The van der Waals surface area contributed by atoms with E-state index in [2.05, 4.69) is 24.7 Å². The van der Waals surface area contributed by atoms with Crippen LogP contribution in [0.4, 0.5) is 22.0 Å². The number of benzene rings is 1. The van der Waals surface area contributed by atoms with Crippen molar-refractivity contribution in [2.75, 3.05) is 67.2 Å². The molecule has 2 aliphatic heterocycles. The van der Waals surface area contributed by atoms with Crippen LogP contribution >= 0.6 is 0 Å². The first kappa shape index (κ1) is 18.7. The Bertz CT molecular complexity index is 967. The van der Waals surface area contributed by atoms with Crippen LogP contribution in [0.2, 0.25) is 0 Å². The van der Waals surface area contributed by atoms with Crippen LogP contribution in [0.15, 0.2) is 43.0 Å². The van der Waals surface area contributed by atoms with E-state index in [4.69, 9.17) is 14.7 Å². The van der Waals surface area contributed by atoms with E-state index in [9.17, 15) is 4.39 Å². The lowest BCUT2D eigenvalue weighted by atomic mass is 10.2. The third kappa shape index (κ3) is 3.90. The van der Waals surface area contributed by atoms with Gasteiger partial charge in [-0.25, -0.2) is 9.37 Å². The first-order valence-corrected chi connectivity index (χ1v) is 10.1. The Morgan fingerprint density at radius 3 is 1.97 bits per heavy atom. The maximum Gasteiger partial charge on any atom is 0.241 e. The summed E-state index contributed by atoms with van der Waals surface area (Å²) in [7, 11) is 0. The largest absolute Gasteiger partial charge is 0.378 e. The average Bonchev–Trinajstić information content (AvgIpc) is 3.35. The number of hydrogen-bond acceptors (Lipinski definition) is 8. The van der Waals surface area contributed by atoms with Crippen molar-refractivity contribution in [3.8, 4) is 5.95 Å². The fraction of sp³-hybridized carbons (Fsp3) is 0.400. The van der Waals surface area contributed by atoms with E-state index >= 15 is 0 Å². The smallest absolute Gasteiger partial charge is 0.241 e. The second-order valence-corrected chi connectivity index (χ2v) is 7.26. The van der Waals surface area contributed by atoms with Crippen molar-refractivity contribution in [2.24, 2.45) is 0 Å². The Hall–Kier alpha value is -3.27. The molecular formula is C20H23FN8O. The van der Waals surface area contributed by atoms with Gasteiger partial charge >= 0.3 is 0 Å². The Kier molecular flexibility index (Phi) is 5.14. The molecule has 1 aromatic carbocycles. The van der Waals surface area contributed by atoms with Crippen molar-refractivity contribution in [1.29, 1.82) is 0 Å². The molecule has 0 saturated carbocycles. The van der Waals surface area contributed by atoms with E-state index in [-0.39, 0.29) is 5.82 Å². The standard InChI is InChI=1S/C20H23FN8O/c21-16-1-3-17(4-2-16)26-7-9-27(10-8-26)18-23-19(28-11-13-30-14-12-28)25-20(24-18)29-6-5-22-15-29/h1-6,15H,7-14H2. The van der Waals surface area contributed by atoms with Crippen molar-refractivity contribution in [1.82, 2.24) is 24.5 Å². The molecule has 2 aliphatic rings. The monoisotopic (exact) mass is 410 g/mol. The molecule has 9 nitrogen and oxygen atoms in total. The summed E-state index contributed by atoms with van der Waals surface area (Å²) in [6.07, 6.45) is 5.22. The maximum atomic E-state index is 13.2. The van der Waals surface area contributed by atoms with E-state index in [0.29, 0.717) is 31.1 Å². The molecule has 2 fully saturated rings. The van der Waals surface area contributed by atoms with Gasteiger partial charge in [0.2, 0.25) is 17.8 Å². The van der Waals surface area contributed by atoms with Gasteiger partial charge in [-0.15, -0.1) is 0 Å². The summed E-state index contributed by atoms with van der Waals surface area (Å²) in [5, 5.41) is 0. The number of nitrogens with zero attached hydrogens (tertiary/aromatic N) is 8. The quantitative estimate of drug-likeness (QED) is 0.638. The summed E-state index contributed by atoms with van der Waals surface area (Å²) in [5.74, 6) is 1.66. The SMILES string of the molecule is Fc1ccc(N2CCN(c3nc(N4CCOCC4)nc(-n4ccnc4)n3)CC2)cc1. The lowest BCUT2D eigenvalue weighted by Crippen LogP contribution is -2.47. The van der Waals surface area contributed by atoms with Crippen LogP contribution in [0, 0.1) is 5.82 Å². The number of ether oxygens (including phenoxy) is 1.